The fourth-order valence-corrected chi connectivity index (χ4v) is 4.57. The summed E-state index contributed by atoms with van der Waals surface area (Å²) < 4.78 is 15.0. The molecule has 0 aromatic carbocycles. The summed E-state index contributed by atoms with van der Waals surface area (Å²) in [6.07, 6.45) is 7.86. The van der Waals surface area contributed by atoms with Gasteiger partial charge in [0.25, 0.3) is 0 Å². The predicted molar refractivity (Wildman–Crippen MR) is 146 cm³/mol. The molecule has 0 radical (unpaired) electrons. The number of fused-ring (bicyclic) bond motifs is 1. The number of amides is 1. The molecule has 1 fully saturated rings. The lowest BCUT2D eigenvalue weighted by atomic mass is 9.76. The van der Waals surface area contributed by atoms with Crippen molar-refractivity contribution in [3.05, 3.63) is 23.4 Å². The first-order valence-electron chi connectivity index (χ1n) is 13.5. The monoisotopic (exact) mass is 520 g/mol. The van der Waals surface area contributed by atoms with Gasteiger partial charge in [0.1, 0.15) is 11.9 Å². The Kier molecular flexibility index (Phi) is 13.3. The molecule has 210 valence electrons. The van der Waals surface area contributed by atoms with Gasteiger partial charge in [0.2, 0.25) is 6.41 Å². The number of pyridine rings is 1. The number of esters is 1. The van der Waals surface area contributed by atoms with Gasteiger partial charge < -0.3 is 24.8 Å². The number of aromatic nitrogens is 1. The average molecular weight is 521 g/mol. The normalized spacial score (nSPS) is 19.4. The minimum atomic E-state index is -0.605. The van der Waals surface area contributed by atoms with Crippen LogP contribution in [0.15, 0.2) is 12.1 Å². The molecule has 2 heterocycles. The van der Waals surface area contributed by atoms with Crippen LogP contribution in [0.5, 0.6) is 0 Å². The number of hydrogen-bond donors (Lipinski definition) is 2. The lowest BCUT2D eigenvalue weighted by Gasteiger charge is -2.43. The molecule has 1 unspecified atom stereocenters. The third-order valence-electron chi connectivity index (χ3n) is 7.14. The van der Waals surface area contributed by atoms with Crippen LogP contribution in [0.3, 0.4) is 0 Å². The number of anilines is 1. The molecule has 0 spiro atoms. The highest BCUT2D eigenvalue weighted by atomic mass is 16.5. The van der Waals surface area contributed by atoms with Gasteiger partial charge in [-0.05, 0) is 83.3 Å². The third kappa shape index (κ3) is 11.0. The van der Waals surface area contributed by atoms with Gasteiger partial charge >= 0.3 is 5.97 Å². The molecule has 1 aromatic rings. The Labute approximate surface area is 223 Å². The smallest absolute Gasteiger partial charge is 0.328 e. The lowest BCUT2D eigenvalue weighted by molar-refractivity contribution is -0.144. The van der Waals surface area contributed by atoms with E-state index in [1.807, 2.05) is 20.8 Å². The van der Waals surface area contributed by atoms with E-state index in [2.05, 4.69) is 27.7 Å². The first-order valence-corrected chi connectivity index (χ1v) is 13.5. The SMILES string of the molecule is COC(C)(C)C.COCCN(CCC(NC=O)C(=O)OC)C1CC(CCc2ccc3c(n2)NCCC3)C1. The highest BCUT2D eigenvalue weighted by Crippen LogP contribution is 2.35. The van der Waals surface area contributed by atoms with E-state index in [1.165, 1.54) is 24.8 Å². The van der Waals surface area contributed by atoms with Crippen molar-refractivity contribution in [2.45, 2.75) is 83.4 Å². The molecule has 0 saturated heterocycles. The number of aryl methyl sites for hydroxylation is 2. The van der Waals surface area contributed by atoms with E-state index in [-0.39, 0.29) is 5.60 Å². The van der Waals surface area contributed by atoms with Crippen molar-refractivity contribution < 1.29 is 23.8 Å². The molecular formula is C28H48N4O5. The second kappa shape index (κ2) is 15.9. The summed E-state index contributed by atoms with van der Waals surface area (Å²) >= 11 is 0. The van der Waals surface area contributed by atoms with Gasteiger partial charge in [-0.3, -0.25) is 9.69 Å². The molecule has 9 heteroatoms. The molecule has 1 atom stereocenters. The largest absolute Gasteiger partial charge is 0.467 e. The number of carbonyl (C=O) groups is 2. The minimum Gasteiger partial charge on any atom is -0.467 e. The second-order valence-corrected chi connectivity index (χ2v) is 10.9. The van der Waals surface area contributed by atoms with Gasteiger partial charge in [-0.15, -0.1) is 0 Å². The van der Waals surface area contributed by atoms with E-state index in [0.717, 1.165) is 57.6 Å². The summed E-state index contributed by atoms with van der Waals surface area (Å²) in [7, 11) is 4.75. The molecule has 2 N–H and O–H groups in total. The van der Waals surface area contributed by atoms with Crippen molar-refractivity contribution in [1.29, 1.82) is 0 Å². The van der Waals surface area contributed by atoms with Gasteiger partial charge in [-0.1, -0.05) is 6.07 Å². The van der Waals surface area contributed by atoms with Gasteiger partial charge in [0.15, 0.2) is 0 Å². The van der Waals surface area contributed by atoms with Crippen molar-refractivity contribution in [3.8, 4) is 0 Å². The Morgan fingerprint density at radius 1 is 1.24 bits per heavy atom. The van der Waals surface area contributed by atoms with E-state index in [0.29, 0.717) is 31.4 Å². The molecule has 1 aliphatic carbocycles. The molecule has 9 nitrogen and oxygen atoms in total. The van der Waals surface area contributed by atoms with Gasteiger partial charge in [0, 0.05) is 45.6 Å². The van der Waals surface area contributed by atoms with E-state index in [4.69, 9.17) is 19.2 Å². The molecule has 1 amide bonds. The number of methoxy groups -OCH3 is 3. The van der Waals surface area contributed by atoms with Crippen molar-refractivity contribution in [3.63, 3.8) is 0 Å². The summed E-state index contributed by atoms with van der Waals surface area (Å²) in [6, 6.07) is 4.30. The minimum absolute atomic E-state index is 0.0417. The standard InChI is InChI=1S/C23H36N4O4.C5H12O/c1-30-13-12-27(11-9-21(25-16-28)23(29)31-2)20-14-17(15-20)5-7-19-8-6-18-4-3-10-24-22(18)26-19;1-5(2,3)6-4/h6,8,16-17,20-21H,3-5,7,9-15H2,1-2H3,(H,24,26)(H,25,28);1-4H3. The summed E-state index contributed by atoms with van der Waals surface area (Å²) in [5.74, 6) is 1.37. The highest BCUT2D eigenvalue weighted by molar-refractivity contribution is 5.78. The van der Waals surface area contributed by atoms with Crippen LogP contribution < -0.4 is 10.6 Å². The number of rotatable bonds is 13. The molecular weight excluding hydrogens is 472 g/mol. The Morgan fingerprint density at radius 3 is 2.59 bits per heavy atom. The van der Waals surface area contributed by atoms with Crippen LogP contribution >= 0.6 is 0 Å². The third-order valence-corrected chi connectivity index (χ3v) is 7.14. The summed E-state index contributed by atoms with van der Waals surface area (Å²) in [5.41, 5.74) is 2.55. The quantitative estimate of drug-likeness (QED) is 0.302. The number of nitrogens with one attached hydrogen (secondary N) is 2. The predicted octanol–water partition coefficient (Wildman–Crippen LogP) is 3.21. The molecule has 0 bridgehead atoms. The molecule has 1 saturated carbocycles. The first kappa shape index (κ1) is 31.0. The molecule has 2 aliphatic rings. The van der Waals surface area contributed by atoms with Crippen LogP contribution in [-0.2, 0) is 36.6 Å². The van der Waals surface area contributed by atoms with E-state index in [1.54, 1.807) is 14.2 Å². The zero-order valence-electron chi connectivity index (χ0n) is 23.7. The Morgan fingerprint density at radius 2 is 1.97 bits per heavy atom. The second-order valence-electron chi connectivity index (χ2n) is 10.9. The fourth-order valence-electron chi connectivity index (χ4n) is 4.57. The summed E-state index contributed by atoms with van der Waals surface area (Å²) in [5, 5.41) is 5.98. The van der Waals surface area contributed by atoms with Crippen molar-refractivity contribution in [2.75, 3.05) is 52.9 Å². The Hall–Kier alpha value is -2.23. The van der Waals surface area contributed by atoms with Crippen LogP contribution in [0.1, 0.15) is 64.1 Å². The lowest BCUT2D eigenvalue weighted by Crippen LogP contribution is -2.48. The van der Waals surface area contributed by atoms with Gasteiger partial charge in [-0.25, -0.2) is 9.78 Å². The molecule has 1 aliphatic heterocycles. The summed E-state index contributed by atoms with van der Waals surface area (Å²) in [4.78, 5) is 29.8. The first-order chi connectivity index (χ1) is 17.7. The number of carbonyl (C=O) groups excluding carboxylic acids is 2. The number of hydrogen-bond acceptors (Lipinski definition) is 8. The van der Waals surface area contributed by atoms with E-state index >= 15 is 0 Å². The van der Waals surface area contributed by atoms with Crippen molar-refractivity contribution in [2.24, 2.45) is 5.92 Å². The highest BCUT2D eigenvalue weighted by Gasteiger charge is 2.33. The zero-order chi connectivity index (χ0) is 27.3. The number of nitrogens with zero attached hydrogens (tertiary/aromatic N) is 2. The zero-order valence-corrected chi connectivity index (χ0v) is 23.7. The Bertz CT molecular complexity index is 823. The Balaban J connectivity index is 0.000000717. The van der Waals surface area contributed by atoms with Crippen LogP contribution in [0.4, 0.5) is 5.82 Å². The van der Waals surface area contributed by atoms with Gasteiger partial charge in [-0.2, -0.15) is 0 Å². The summed E-state index contributed by atoms with van der Waals surface area (Å²) in [6.45, 7) is 9.27. The van der Waals surface area contributed by atoms with Crippen LogP contribution in [0.25, 0.3) is 0 Å². The van der Waals surface area contributed by atoms with Gasteiger partial charge in [0.05, 0.1) is 19.3 Å². The van der Waals surface area contributed by atoms with Crippen LogP contribution in [0.2, 0.25) is 0 Å². The fraction of sp³-hybridized carbons (Fsp3) is 0.750. The molecule has 37 heavy (non-hydrogen) atoms. The van der Waals surface area contributed by atoms with Crippen molar-refractivity contribution in [1.82, 2.24) is 15.2 Å². The van der Waals surface area contributed by atoms with Crippen molar-refractivity contribution >= 4 is 18.2 Å². The van der Waals surface area contributed by atoms with E-state index in [9.17, 15) is 9.59 Å². The van der Waals surface area contributed by atoms with E-state index < -0.39 is 12.0 Å². The maximum Gasteiger partial charge on any atom is 0.328 e. The maximum atomic E-state index is 11.8. The molecule has 3 rings (SSSR count). The van der Waals surface area contributed by atoms with Crippen LogP contribution in [-0.4, -0.2) is 87.5 Å². The maximum absolute atomic E-state index is 11.8. The van der Waals surface area contributed by atoms with Crippen LogP contribution in [0, 0.1) is 5.92 Å². The number of ether oxygens (including phenoxy) is 3. The topological polar surface area (TPSA) is 102 Å². The average Bonchev–Trinajstić information content (AvgIpc) is 2.87. The molecule has 1 aromatic heterocycles.